The summed E-state index contributed by atoms with van der Waals surface area (Å²) < 4.78 is 11.0. The molecule has 4 rings (SSSR count). The van der Waals surface area contributed by atoms with Crippen LogP contribution in [0.2, 0.25) is 5.02 Å². The molecular weight excluding hydrogens is 404 g/mol. The summed E-state index contributed by atoms with van der Waals surface area (Å²) in [6.07, 6.45) is 2.23. The predicted octanol–water partition coefficient (Wildman–Crippen LogP) is 4.26. The Balaban J connectivity index is 1.37. The van der Waals surface area contributed by atoms with Crippen molar-refractivity contribution in [1.82, 2.24) is 0 Å². The second-order valence-corrected chi connectivity index (χ2v) is 7.66. The highest BCUT2D eigenvalue weighted by Gasteiger charge is 2.26. The van der Waals surface area contributed by atoms with E-state index in [1.807, 2.05) is 12.1 Å². The average Bonchev–Trinajstić information content (AvgIpc) is 3.04. The van der Waals surface area contributed by atoms with E-state index in [-0.39, 0.29) is 23.7 Å². The summed E-state index contributed by atoms with van der Waals surface area (Å²) in [5, 5.41) is 3.25. The second kappa shape index (κ2) is 8.63. The number of carbonyl (C=O) groups is 1. The number of nitrogens with zero attached hydrogens (tertiary/aromatic N) is 1. The van der Waals surface area contributed by atoms with Gasteiger partial charge in [-0.25, -0.2) is 0 Å². The van der Waals surface area contributed by atoms with Crippen LogP contribution in [0.4, 0.5) is 11.4 Å². The summed E-state index contributed by atoms with van der Waals surface area (Å²) in [7, 11) is 0. The zero-order chi connectivity index (χ0) is 21.1. The maximum Gasteiger partial charge on any atom is 0.262 e. The minimum atomic E-state index is -0.386. The number of fused-ring (bicyclic) bond motifs is 1. The molecule has 3 aromatic rings. The molecule has 0 spiro atoms. The van der Waals surface area contributed by atoms with Gasteiger partial charge >= 0.3 is 0 Å². The van der Waals surface area contributed by atoms with Gasteiger partial charge in [0.1, 0.15) is 12.0 Å². The standard InChI is InChI=1S/C23H21ClN2O4/c1-15-10-16-4-2-3-5-20(16)26(15)12-19-11-21(27)22(13-29-19)30-14-23(28)25-18-8-6-17(24)7-9-18/h2-9,11,13,15H,10,12,14H2,1H3,(H,25,28)/t15-/m0/s1. The summed E-state index contributed by atoms with van der Waals surface area (Å²) in [6, 6.07) is 16.7. The van der Waals surface area contributed by atoms with Crippen molar-refractivity contribution >= 4 is 28.9 Å². The number of hydrogen-bond acceptors (Lipinski definition) is 5. The van der Waals surface area contributed by atoms with Crippen molar-refractivity contribution in [3.63, 3.8) is 0 Å². The third-order valence-corrected chi connectivity index (χ3v) is 5.27. The number of para-hydroxylation sites is 1. The normalized spacial score (nSPS) is 15.0. The number of benzene rings is 2. The van der Waals surface area contributed by atoms with E-state index in [9.17, 15) is 9.59 Å². The topological polar surface area (TPSA) is 71.8 Å². The van der Waals surface area contributed by atoms with E-state index in [2.05, 4.69) is 29.3 Å². The zero-order valence-corrected chi connectivity index (χ0v) is 17.2. The van der Waals surface area contributed by atoms with E-state index in [4.69, 9.17) is 20.8 Å². The molecule has 1 atom stereocenters. The van der Waals surface area contributed by atoms with Crippen LogP contribution in [0.15, 0.2) is 70.1 Å². The van der Waals surface area contributed by atoms with Gasteiger partial charge in [0.2, 0.25) is 11.2 Å². The van der Waals surface area contributed by atoms with Gasteiger partial charge in [0, 0.05) is 28.5 Å². The van der Waals surface area contributed by atoms with Crippen molar-refractivity contribution < 1.29 is 13.9 Å². The number of ether oxygens (including phenoxy) is 1. The molecule has 1 aromatic heterocycles. The molecular formula is C23H21ClN2O4. The first-order chi connectivity index (χ1) is 14.5. The van der Waals surface area contributed by atoms with Crippen LogP contribution in [0.5, 0.6) is 5.75 Å². The van der Waals surface area contributed by atoms with Gasteiger partial charge in [-0.15, -0.1) is 0 Å². The molecule has 6 nitrogen and oxygen atoms in total. The molecule has 0 radical (unpaired) electrons. The first kappa shape index (κ1) is 20.0. The molecule has 0 fully saturated rings. The van der Waals surface area contributed by atoms with Gasteiger partial charge in [0.05, 0.1) is 6.54 Å². The summed E-state index contributed by atoms with van der Waals surface area (Å²) in [6.45, 7) is 2.34. The van der Waals surface area contributed by atoms with Gasteiger partial charge in [-0.1, -0.05) is 29.8 Å². The van der Waals surface area contributed by atoms with Gasteiger partial charge < -0.3 is 19.4 Å². The van der Waals surface area contributed by atoms with Crippen LogP contribution in [-0.2, 0) is 17.8 Å². The molecule has 2 aromatic carbocycles. The Kier molecular flexibility index (Phi) is 5.77. The number of rotatable bonds is 6. The Labute approximate surface area is 179 Å². The number of halogens is 1. The first-order valence-electron chi connectivity index (χ1n) is 9.64. The molecule has 2 heterocycles. The van der Waals surface area contributed by atoms with Gasteiger partial charge in [-0.2, -0.15) is 0 Å². The molecule has 30 heavy (non-hydrogen) atoms. The minimum Gasteiger partial charge on any atom is -0.477 e. The number of carbonyl (C=O) groups excluding carboxylic acids is 1. The van der Waals surface area contributed by atoms with E-state index in [1.54, 1.807) is 24.3 Å². The van der Waals surface area contributed by atoms with Crippen molar-refractivity contribution in [2.75, 3.05) is 16.8 Å². The Bertz CT molecular complexity index is 1110. The molecule has 1 aliphatic rings. The van der Waals surface area contributed by atoms with E-state index in [1.165, 1.54) is 17.9 Å². The molecule has 0 aliphatic carbocycles. The van der Waals surface area contributed by atoms with Crippen LogP contribution in [0.1, 0.15) is 18.2 Å². The Morgan fingerprint density at radius 1 is 1.23 bits per heavy atom. The van der Waals surface area contributed by atoms with Gasteiger partial charge in [-0.05, 0) is 49.2 Å². The van der Waals surface area contributed by atoms with Crippen LogP contribution < -0.4 is 20.4 Å². The maximum absolute atomic E-state index is 12.4. The van der Waals surface area contributed by atoms with Crippen molar-refractivity contribution in [2.24, 2.45) is 0 Å². The summed E-state index contributed by atoms with van der Waals surface area (Å²) >= 11 is 5.82. The van der Waals surface area contributed by atoms with E-state index >= 15 is 0 Å². The van der Waals surface area contributed by atoms with Gasteiger partial charge in [0.15, 0.2) is 6.61 Å². The Morgan fingerprint density at radius 3 is 2.77 bits per heavy atom. The largest absolute Gasteiger partial charge is 0.477 e. The van der Waals surface area contributed by atoms with Crippen LogP contribution in [0.3, 0.4) is 0 Å². The maximum atomic E-state index is 12.4. The molecule has 1 N–H and O–H groups in total. The number of amides is 1. The fourth-order valence-corrected chi connectivity index (χ4v) is 3.66. The highest BCUT2D eigenvalue weighted by molar-refractivity contribution is 6.30. The number of anilines is 2. The monoisotopic (exact) mass is 424 g/mol. The van der Waals surface area contributed by atoms with E-state index < -0.39 is 0 Å². The van der Waals surface area contributed by atoms with Gasteiger partial charge in [0.25, 0.3) is 5.91 Å². The van der Waals surface area contributed by atoms with Crippen LogP contribution in [0.25, 0.3) is 0 Å². The average molecular weight is 425 g/mol. The molecule has 0 unspecified atom stereocenters. The third kappa shape index (κ3) is 4.49. The second-order valence-electron chi connectivity index (χ2n) is 7.23. The lowest BCUT2D eigenvalue weighted by Gasteiger charge is -2.24. The SMILES string of the molecule is C[C@H]1Cc2ccccc2N1Cc1cc(=O)c(OCC(=O)Nc2ccc(Cl)cc2)co1. The highest BCUT2D eigenvalue weighted by atomic mass is 35.5. The quantitative estimate of drug-likeness (QED) is 0.640. The molecule has 154 valence electrons. The Morgan fingerprint density at radius 2 is 2.00 bits per heavy atom. The van der Waals surface area contributed by atoms with Gasteiger partial charge in [-0.3, -0.25) is 9.59 Å². The fourth-order valence-electron chi connectivity index (χ4n) is 3.54. The van der Waals surface area contributed by atoms with E-state index in [0.717, 1.165) is 12.1 Å². The number of hydrogen-bond donors (Lipinski definition) is 1. The molecule has 1 amide bonds. The van der Waals surface area contributed by atoms with Crippen molar-refractivity contribution in [1.29, 1.82) is 0 Å². The van der Waals surface area contributed by atoms with E-state index in [0.29, 0.717) is 29.1 Å². The lowest BCUT2D eigenvalue weighted by Crippen LogP contribution is -2.29. The molecule has 0 bridgehead atoms. The molecule has 7 heteroatoms. The molecule has 1 aliphatic heterocycles. The minimum absolute atomic E-state index is 0.000114. The third-order valence-electron chi connectivity index (χ3n) is 5.01. The molecule has 0 saturated heterocycles. The first-order valence-corrected chi connectivity index (χ1v) is 10.0. The summed E-state index contributed by atoms with van der Waals surface area (Å²) in [5.41, 5.74) is 2.72. The summed E-state index contributed by atoms with van der Waals surface area (Å²) in [5.74, 6) is 0.157. The molecule has 0 saturated carbocycles. The van der Waals surface area contributed by atoms with Crippen molar-refractivity contribution in [3.05, 3.63) is 87.4 Å². The Hall–Kier alpha value is -3.25. The summed E-state index contributed by atoms with van der Waals surface area (Å²) in [4.78, 5) is 26.6. The van der Waals surface area contributed by atoms with Crippen LogP contribution in [0, 0.1) is 0 Å². The lowest BCUT2D eigenvalue weighted by molar-refractivity contribution is -0.118. The zero-order valence-electron chi connectivity index (χ0n) is 16.4. The van der Waals surface area contributed by atoms with Crippen LogP contribution >= 0.6 is 11.6 Å². The highest BCUT2D eigenvalue weighted by Crippen LogP contribution is 2.32. The van der Waals surface area contributed by atoms with Crippen molar-refractivity contribution in [3.8, 4) is 5.75 Å². The number of nitrogens with one attached hydrogen (secondary N) is 1. The van der Waals surface area contributed by atoms with Crippen LogP contribution in [-0.4, -0.2) is 18.6 Å². The fraction of sp³-hybridized carbons (Fsp3) is 0.217. The lowest BCUT2D eigenvalue weighted by atomic mass is 10.1. The smallest absolute Gasteiger partial charge is 0.262 e. The van der Waals surface area contributed by atoms with Crippen molar-refractivity contribution in [2.45, 2.75) is 25.9 Å². The predicted molar refractivity (Wildman–Crippen MR) is 116 cm³/mol.